The van der Waals surface area contributed by atoms with Crippen LogP contribution in [0.2, 0.25) is 18.1 Å². The van der Waals surface area contributed by atoms with Crippen molar-refractivity contribution in [3.63, 3.8) is 0 Å². The van der Waals surface area contributed by atoms with Gasteiger partial charge in [-0.05, 0) is 25.0 Å². The predicted octanol–water partition coefficient (Wildman–Crippen LogP) is 5.78. The fourth-order valence-electron chi connectivity index (χ4n) is 4.56. The fraction of sp³-hybridized carbons (Fsp3) is 0.636. The predicted molar refractivity (Wildman–Crippen MR) is 118 cm³/mol. The Balaban J connectivity index is 2.30. The van der Waals surface area contributed by atoms with Crippen molar-refractivity contribution in [1.82, 2.24) is 4.31 Å². The second kappa shape index (κ2) is 9.53. The molecule has 1 aliphatic heterocycles. The Morgan fingerprint density at radius 1 is 1.04 bits per heavy atom. The van der Waals surface area contributed by atoms with E-state index in [2.05, 4.69) is 33.4 Å². The third-order valence-corrected chi connectivity index (χ3v) is 13.2. The van der Waals surface area contributed by atoms with Gasteiger partial charge in [-0.1, -0.05) is 94.1 Å². The standard InChI is InChI=1S/C22H37NO2SSi/c1-6-13-27(14-7-2,15-8-3)18-21-17-23(16-20(21)5)26(24,25)22-11-9-19(4)10-12-22/h9-12,18,20H,6-8,13-17H2,1-5H3/b21-18-. The molecule has 0 radical (unpaired) electrons. The fourth-order valence-corrected chi connectivity index (χ4v) is 11.4. The Morgan fingerprint density at radius 3 is 2.04 bits per heavy atom. The summed E-state index contributed by atoms with van der Waals surface area (Å²) in [5.41, 5.74) is 5.06. The molecular weight excluding hydrogens is 370 g/mol. The first-order chi connectivity index (χ1) is 12.8. The van der Waals surface area contributed by atoms with Crippen LogP contribution >= 0.6 is 0 Å². The molecule has 0 aromatic heterocycles. The summed E-state index contributed by atoms with van der Waals surface area (Å²) in [4.78, 5) is 0.417. The van der Waals surface area contributed by atoms with Crippen LogP contribution in [0.25, 0.3) is 0 Å². The zero-order valence-electron chi connectivity index (χ0n) is 17.8. The van der Waals surface area contributed by atoms with Crippen LogP contribution in [0.5, 0.6) is 0 Å². The first kappa shape index (κ1) is 22.4. The molecule has 1 saturated heterocycles. The summed E-state index contributed by atoms with van der Waals surface area (Å²) >= 11 is 0. The molecule has 1 fully saturated rings. The van der Waals surface area contributed by atoms with Crippen LogP contribution in [0.4, 0.5) is 0 Å². The van der Waals surface area contributed by atoms with E-state index in [1.54, 1.807) is 16.4 Å². The number of benzene rings is 1. The van der Waals surface area contributed by atoms with Crippen LogP contribution in [0.1, 0.15) is 52.5 Å². The van der Waals surface area contributed by atoms with Gasteiger partial charge in [-0.2, -0.15) is 4.31 Å². The summed E-state index contributed by atoms with van der Waals surface area (Å²) in [6, 6.07) is 11.2. The molecule has 0 N–H and O–H groups in total. The molecular formula is C22H37NO2SSi. The summed E-state index contributed by atoms with van der Waals surface area (Å²) in [6.45, 7) is 12.2. The van der Waals surface area contributed by atoms with Crippen molar-refractivity contribution in [3.05, 3.63) is 41.1 Å². The van der Waals surface area contributed by atoms with Crippen LogP contribution < -0.4 is 0 Å². The van der Waals surface area contributed by atoms with Gasteiger partial charge in [0.1, 0.15) is 0 Å². The molecule has 27 heavy (non-hydrogen) atoms. The van der Waals surface area contributed by atoms with Crippen molar-refractivity contribution in [3.8, 4) is 0 Å². The normalized spacial score (nSPS) is 20.5. The van der Waals surface area contributed by atoms with Crippen molar-refractivity contribution in [1.29, 1.82) is 0 Å². The highest BCUT2D eigenvalue weighted by Crippen LogP contribution is 2.34. The van der Waals surface area contributed by atoms with E-state index in [1.807, 2.05) is 19.1 Å². The molecule has 0 spiro atoms. The lowest BCUT2D eigenvalue weighted by molar-refractivity contribution is 0.464. The molecule has 152 valence electrons. The van der Waals surface area contributed by atoms with Crippen LogP contribution in [-0.2, 0) is 10.0 Å². The number of nitrogens with zero attached hydrogens (tertiary/aromatic N) is 1. The van der Waals surface area contributed by atoms with Crippen molar-refractivity contribution >= 4 is 18.1 Å². The first-order valence-corrected chi connectivity index (χ1v) is 14.7. The summed E-state index contributed by atoms with van der Waals surface area (Å²) < 4.78 is 27.9. The summed E-state index contributed by atoms with van der Waals surface area (Å²) in [6.07, 6.45) is 3.70. The van der Waals surface area contributed by atoms with Gasteiger partial charge in [0.15, 0.2) is 0 Å². The summed E-state index contributed by atoms with van der Waals surface area (Å²) in [5, 5.41) is 0. The van der Waals surface area contributed by atoms with Gasteiger partial charge >= 0.3 is 0 Å². The van der Waals surface area contributed by atoms with Crippen molar-refractivity contribution in [2.45, 2.75) is 76.9 Å². The monoisotopic (exact) mass is 407 g/mol. The Kier molecular flexibility index (Phi) is 7.90. The highest BCUT2D eigenvalue weighted by atomic mass is 32.2. The van der Waals surface area contributed by atoms with E-state index >= 15 is 0 Å². The van der Waals surface area contributed by atoms with E-state index < -0.39 is 18.1 Å². The third kappa shape index (κ3) is 5.33. The zero-order valence-corrected chi connectivity index (χ0v) is 19.6. The smallest absolute Gasteiger partial charge is 0.207 e. The molecule has 1 aromatic rings. The number of rotatable bonds is 9. The zero-order chi connectivity index (χ0) is 20.1. The molecule has 1 aliphatic rings. The van der Waals surface area contributed by atoms with Gasteiger partial charge in [0, 0.05) is 13.1 Å². The third-order valence-electron chi connectivity index (χ3n) is 5.86. The number of hydrogen-bond donors (Lipinski definition) is 0. The molecule has 1 unspecified atom stereocenters. The SMILES string of the molecule is CCC[Si](/C=C1/CN(S(=O)(=O)c2ccc(C)cc2)CC1C)(CCC)CCC. The highest BCUT2D eigenvalue weighted by Gasteiger charge is 2.36. The molecule has 1 aromatic carbocycles. The van der Waals surface area contributed by atoms with E-state index in [1.165, 1.54) is 43.0 Å². The summed E-state index contributed by atoms with van der Waals surface area (Å²) in [5.74, 6) is 0.322. The second-order valence-electron chi connectivity index (χ2n) is 8.34. The van der Waals surface area contributed by atoms with E-state index in [4.69, 9.17) is 0 Å². The molecule has 1 heterocycles. The van der Waals surface area contributed by atoms with Crippen molar-refractivity contribution in [2.24, 2.45) is 5.92 Å². The first-order valence-electron chi connectivity index (χ1n) is 10.6. The van der Waals surface area contributed by atoms with Gasteiger partial charge in [-0.3, -0.25) is 0 Å². The summed E-state index contributed by atoms with van der Waals surface area (Å²) in [7, 11) is -4.87. The second-order valence-corrected chi connectivity index (χ2v) is 14.8. The van der Waals surface area contributed by atoms with E-state index in [9.17, 15) is 8.42 Å². The van der Waals surface area contributed by atoms with Gasteiger partial charge < -0.3 is 0 Å². The average Bonchev–Trinajstić information content (AvgIpc) is 2.97. The molecule has 1 atom stereocenters. The van der Waals surface area contributed by atoms with Gasteiger partial charge in [-0.15, -0.1) is 0 Å². The Hall–Kier alpha value is -0.913. The van der Waals surface area contributed by atoms with Crippen molar-refractivity contribution < 1.29 is 8.42 Å². The van der Waals surface area contributed by atoms with Crippen LogP contribution in [0.15, 0.2) is 40.4 Å². The van der Waals surface area contributed by atoms with Crippen LogP contribution in [0.3, 0.4) is 0 Å². The van der Waals surface area contributed by atoms with Gasteiger partial charge in [0.2, 0.25) is 10.0 Å². The largest absolute Gasteiger partial charge is 0.243 e. The highest BCUT2D eigenvalue weighted by molar-refractivity contribution is 7.89. The molecule has 2 rings (SSSR count). The van der Waals surface area contributed by atoms with Gasteiger partial charge in [0.05, 0.1) is 13.0 Å². The molecule has 0 bridgehead atoms. The van der Waals surface area contributed by atoms with E-state index in [0.717, 1.165) is 5.56 Å². The molecule has 0 amide bonds. The number of sulfonamides is 1. The Labute approximate surface area is 167 Å². The number of hydrogen-bond acceptors (Lipinski definition) is 2. The lowest BCUT2D eigenvalue weighted by Crippen LogP contribution is -2.32. The molecule has 3 nitrogen and oxygen atoms in total. The van der Waals surface area contributed by atoms with Crippen LogP contribution in [-0.4, -0.2) is 33.9 Å². The quantitative estimate of drug-likeness (QED) is 0.487. The van der Waals surface area contributed by atoms with E-state index in [0.29, 0.717) is 23.9 Å². The minimum atomic E-state index is -3.41. The van der Waals surface area contributed by atoms with Crippen LogP contribution in [0, 0.1) is 12.8 Å². The minimum absolute atomic E-state index is 0.322. The van der Waals surface area contributed by atoms with Gasteiger partial charge in [-0.25, -0.2) is 8.42 Å². The lowest BCUT2D eigenvalue weighted by atomic mass is 10.1. The van der Waals surface area contributed by atoms with Crippen molar-refractivity contribution in [2.75, 3.05) is 13.1 Å². The maximum Gasteiger partial charge on any atom is 0.243 e. The van der Waals surface area contributed by atoms with E-state index in [-0.39, 0.29) is 0 Å². The van der Waals surface area contributed by atoms with Gasteiger partial charge in [0.25, 0.3) is 0 Å². The topological polar surface area (TPSA) is 37.4 Å². The Morgan fingerprint density at radius 2 is 1.56 bits per heavy atom. The lowest BCUT2D eigenvalue weighted by Gasteiger charge is -2.29. The molecule has 0 saturated carbocycles. The number of aryl methyl sites for hydroxylation is 1. The Bertz CT molecular complexity index is 723. The maximum atomic E-state index is 13.1. The maximum absolute atomic E-state index is 13.1. The molecule has 5 heteroatoms. The molecule has 0 aliphatic carbocycles. The average molecular weight is 408 g/mol. The minimum Gasteiger partial charge on any atom is -0.207 e.